The molecule has 7 heteroatoms. The van der Waals surface area contributed by atoms with Crippen molar-refractivity contribution in [3.8, 4) is 17.2 Å². The van der Waals surface area contributed by atoms with Crippen molar-refractivity contribution in [2.24, 2.45) is 0 Å². The molecule has 0 bridgehead atoms. The monoisotopic (exact) mass is 444 g/mol. The van der Waals surface area contributed by atoms with Gasteiger partial charge in [-0.15, -0.1) is 0 Å². The fraction of sp³-hybridized carbons (Fsp3) is 0.458. The lowest BCUT2D eigenvalue weighted by molar-refractivity contribution is 0.102. The van der Waals surface area contributed by atoms with Crippen LogP contribution in [0.2, 0.25) is 0 Å². The van der Waals surface area contributed by atoms with Crippen LogP contribution in [0.3, 0.4) is 0 Å². The summed E-state index contributed by atoms with van der Waals surface area (Å²) in [6.07, 6.45) is 0. The second-order valence-corrected chi connectivity index (χ2v) is 8.37. The molecule has 1 saturated heterocycles. The lowest BCUT2D eigenvalue weighted by atomic mass is 10.1. The number of hydrogen-bond donors (Lipinski definition) is 1. The highest BCUT2D eigenvalue weighted by Crippen LogP contribution is 2.39. The summed E-state index contributed by atoms with van der Waals surface area (Å²) in [6, 6.07) is 11.5. The molecule has 0 aliphatic carbocycles. The standard InChI is InChI=1S/C24H32N2O4S/c1-4-28-21-15-19(16-22(29-5-2)23(21)30-6-3)24(27)25-20-9-7-8-18(14-20)17-26-10-12-31-13-11-26/h7-9,14-16H,4-6,10-13,17H2,1-3H3,(H,25,27). The van der Waals surface area contributed by atoms with Crippen LogP contribution in [0.25, 0.3) is 0 Å². The number of anilines is 1. The van der Waals surface area contributed by atoms with Gasteiger partial charge in [0.1, 0.15) is 0 Å². The van der Waals surface area contributed by atoms with Gasteiger partial charge < -0.3 is 19.5 Å². The average molecular weight is 445 g/mol. The van der Waals surface area contributed by atoms with Gasteiger partial charge in [-0.05, 0) is 50.6 Å². The van der Waals surface area contributed by atoms with E-state index in [1.165, 1.54) is 17.1 Å². The summed E-state index contributed by atoms with van der Waals surface area (Å²) in [4.78, 5) is 15.5. The van der Waals surface area contributed by atoms with Crippen LogP contribution in [-0.2, 0) is 6.54 Å². The van der Waals surface area contributed by atoms with Crippen LogP contribution in [0.4, 0.5) is 5.69 Å². The Labute approximate surface area is 189 Å². The maximum Gasteiger partial charge on any atom is 0.255 e. The lowest BCUT2D eigenvalue weighted by Gasteiger charge is -2.26. The van der Waals surface area contributed by atoms with Crippen molar-refractivity contribution in [1.82, 2.24) is 4.90 Å². The molecule has 2 aromatic rings. The summed E-state index contributed by atoms with van der Waals surface area (Å²) in [5.74, 6) is 3.70. The predicted octanol–water partition coefficient (Wildman–Crippen LogP) is 4.68. The molecule has 1 aliphatic rings. The van der Waals surface area contributed by atoms with Crippen LogP contribution < -0.4 is 19.5 Å². The first-order valence-corrected chi connectivity index (χ1v) is 12.1. The van der Waals surface area contributed by atoms with Crippen LogP contribution in [-0.4, -0.2) is 55.2 Å². The fourth-order valence-electron chi connectivity index (χ4n) is 3.49. The van der Waals surface area contributed by atoms with Crippen LogP contribution in [0.5, 0.6) is 17.2 Å². The van der Waals surface area contributed by atoms with Crippen molar-refractivity contribution in [2.45, 2.75) is 27.3 Å². The van der Waals surface area contributed by atoms with E-state index < -0.39 is 0 Å². The summed E-state index contributed by atoms with van der Waals surface area (Å²) in [5, 5.41) is 3.01. The molecule has 0 unspecified atom stereocenters. The number of ether oxygens (including phenoxy) is 3. The molecule has 168 valence electrons. The van der Waals surface area contributed by atoms with Gasteiger partial charge in [0.15, 0.2) is 11.5 Å². The second kappa shape index (κ2) is 11.9. The Morgan fingerprint density at radius 1 is 0.968 bits per heavy atom. The molecule has 1 N–H and O–H groups in total. The topological polar surface area (TPSA) is 60.0 Å². The first-order chi connectivity index (χ1) is 15.1. The zero-order chi connectivity index (χ0) is 22.1. The minimum Gasteiger partial charge on any atom is -0.490 e. The molecule has 0 saturated carbocycles. The number of nitrogens with one attached hydrogen (secondary N) is 1. The van der Waals surface area contributed by atoms with Crippen molar-refractivity contribution >= 4 is 23.4 Å². The highest BCUT2D eigenvalue weighted by molar-refractivity contribution is 7.99. The van der Waals surface area contributed by atoms with E-state index in [9.17, 15) is 4.79 Å². The summed E-state index contributed by atoms with van der Waals surface area (Å²) < 4.78 is 17.2. The molecule has 31 heavy (non-hydrogen) atoms. The minimum atomic E-state index is -0.212. The van der Waals surface area contributed by atoms with E-state index >= 15 is 0 Å². The summed E-state index contributed by atoms with van der Waals surface area (Å²) in [5.41, 5.74) is 2.44. The number of hydrogen-bond acceptors (Lipinski definition) is 6. The Hall–Kier alpha value is -2.38. The zero-order valence-electron chi connectivity index (χ0n) is 18.6. The third-order valence-electron chi connectivity index (χ3n) is 4.87. The van der Waals surface area contributed by atoms with E-state index in [2.05, 4.69) is 16.3 Å². The molecule has 6 nitrogen and oxygen atoms in total. The molecule has 2 aromatic carbocycles. The zero-order valence-corrected chi connectivity index (χ0v) is 19.4. The number of rotatable bonds is 10. The average Bonchev–Trinajstić information content (AvgIpc) is 2.77. The molecule has 0 radical (unpaired) electrons. The summed E-state index contributed by atoms with van der Waals surface area (Å²) in [7, 11) is 0. The molecule has 0 aromatic heterocycles. The lowest BCUT2D eigenvalue weighted by Crippen LogP contribution is -2.31. The van der Waals surface area contributed by atoms with E-state index in [0.717, 1.165) is 25.3 Å². The summed E-state index contributed by atoms with van der Waals surface area (Å²) in [6.45, 7) is 10.2. The third-order valence-corrected chi connectivity index (χ3v) is 5.81. The van der Waals surface area contributed by atoms with Gasteiger partial charge in [0, 0.05) is 42.4 Å². The number of thioether (sulfide) groups is 1. The highest BCUT2D eigenvalue weighted by Gasteiger charge is 2.19. The number of benzene rings is 2. The number of nitrogens with zero attached hydrogens (tertiary/aromatic N) is 1. The Balaban J connectivity index is 1.78. The number of carbonyl (C=O) groups excluding carboxylic acids is 1. The van der Waals surface area contributed by atoms with Gasteiger partial charge in [-0.1, -0.05) is 12.1 Å². The fourth-order valence-corrected chi connectivity index (χ4v) is 4.47. The molecule has 0 atom stereocenters. The summed E-state index contributed by atoms with van der Waals surface area (Å²) >= 11 is 2.00. The molecule has 0 spiro atoms. The molecule has 1 aliphatic heterocycles. The quantitative estimate of drug-likeness (QED) is 0.574. The van der Waals surface area contributed by atoms with Gasteiger partial charge in [-0.3, -0.25) is 9.69 Å². The maximum absolute atomic E-state index is 13.0. The molecule has 1 heterocycles. The predicted molar refractivity (Wildman–Crippen MR) is 127 cm³/mol. The van der Waals surface area contributed by atoms with E-state index in [-0.39, 0.29) is 5.91 Å². The van der Waals surface area contributed by atoms with Crippen LogP contribution in [0.15, 0.2) is 36.4 Å². The van der Waals surface area contributed by atoms with E-state index in [1.807, 2.05) is 50.7 Å². The Bertz CT molecular complexity index is 841. The molecule has 1 amide bonds. The molecular weight excluding hydrogens is 412 g/mol. The Kier molecular flexibility index (Phi) is 8.91. The van der Waals surface area contributed by atoms with Crippen molar-refractivity contribution < 1.29 is 19.0 Å². The molecular formula is C24H32N2O4S. The first kappa shape index (κ1) is 23.3. The van der Waals surface area contributed by atoms with Crippen molar-refractivity contribution in [3.05, 3.63) is 47.5 Å². The second-order valence-electron chi connectivity index (χ2n) is 7.14. The van der Waals surface area contributed by atoms with Gasteiger partial charge >= 0.3 is 0 Å². The van der Waals surface area contributed by atoms with Crippen LogP contribution in [0.1, 0.15) is 36.7 Å². The Morgan fingerprint density at radius 2 is 1.61 bits per heavy atom. The smallest absolute Gasteiger partial charge is 0.255 e. The van der Waals surface area contributed by atoms with E-state index in [0.29, 0.717) is 42.6 Å². The number of amides is 1. The minimum absolute atomic E-state index is 0.212. The van der Waals surface area contributed by atoms with Gasteiger partial charge in [-0.2, -0.15) is 11.8 Å². The van der Waals surface area contributed by atoms with Crippen molar-refractivity contribution in [1.29, 1.82) is 0 Å². The van der Waals surface area contributed by atoms with Crippen LogP contribution >= 0.6 is 11.8 Å². The number of carbonyl (C=O) groups is 1. The SMILES string of the molecule is CCOc1cc(C(=O)Nc2cccc(CN3CCSCC3)c2)cc(OCC)c1OCC. The highest BCUT2D eigenvalue weighted by atomic mass is 32.2. The van der Waals surface area contributed by atoms with Gasteiger partial charge in [-0.25, -0.2) is 0 Å². The normalized spacial score (nSPS) is 14.2. The van der Waals surface area contributed by atoms with Gasteiger partial charge in [0.25, 0.3) is 5.91 Å². The van der Waals surface area contributed by atoms with E-state index in [4.69, 9.17) is 14.2 Å². The largest absolute Gasteiger partial charge is 0.490 e. The molecule has 1 fully saturated rings. The van der Waals surface area contributed by atoms with Crippen molar-refractivity contribution in [2.75, 3.05) is 49.7 Å². The molecule has 3 rings (SSSR count). The van der Waals surface area contributed by atoms with Gasteiger partial charge in [0.2, 0.25) is 5.75 Å². The Morgan fingerprint density at radius 3 is 2.23 bits per heavy atom. The van der Waals surface area contributed by atoms with E-state index in [1.54, 1.807) is 12.1 Å². The van der Waals surface area contributed by atoms with Crippen LogP contribution in [0, 0.1) is 0 Å². The maximum atomic E-state index is 13.0. The van der Waals surface area contributed by atoms with Crippen molar-refractivity contribution in [3.63, 3.8) is 0 Å². The van der Waals surface area contributed by atoms with Gasteiger partial charge in [0.05, 0.1) is 19.8 Å². The first-order valence-electron chi connectivity index (χ1n) is 10.9. The third kappa shape index (κ3) is 6.55.